The predicted octanol–water partition coefficient (Wildman–Crippen LogP) is 2.17. The average Bonchev–Trinajstić information content (AvgIpc) is 2.81. The molecule has 20 heavy (non-hydrogen) atoms. The molecule has 0 atom stereocenters. The van der Waals surface area contributed by atoms with Crippen molar-refractivity contribution in [2.45, 2.75) is 39.2 Å². The van der Waals surface area contributed by atoms with Crippen LogP contribution >= 0.6 is 0 Å². The zero-order valence-corrected chi connectivity index (χ0v) is 12.4. The second-order valence-corrected chi connectivity index (χ2v) is 5.72. The minimum Gasteiger partial charge on any atom is -0.367 e. The number of aryl methyl sites for hydroxylation is 1. The molecule has 2 aromatic rings. The van der Waals surface area contributed by atoms with Crippen LogP contribution in [0.4, 0.5) is 11.8 Å². The third kappa shape index (κ3) is 2.42. The summed E-state index contributed by atoms with van der Waals surface area (Å²) in [5, 5.41) is 8.70. The van der Waals surface area contributed by atoms with Crippen LogP contribution in [0.1, 0.15) is 33.1 Å². The van der Waals surface area contributed by atoms with E-state index in [2.05, 4.69) is 29.2 Å². The standard InChI is InChI=1S/C14H22N6/c1-10(2)16-12-11-9-15-19(3)13(11)18-14(17-12)20-7-5-4-6-8-20/h9-10H,4-8H2,1-3H3,(H,16,17,18). The second-order valence-electron chi connectivity index (χ2n) is 5.72. The summed E-state index contributed by atoms with van der Waals surface area (Å²) in [5.74, 6) is 1.71. The van der Waals surface area contributed by atoms with Gasteiger partial charge in [0.2, 0.25) is 5.95 Å². The summed E-state index contributed by atoms with van der Waals surface area (Å²) in [6.07, 6.45) is 5.58. The maximum absolute atomic E-state index is 4.73. The molecule has 0 spiro atoms. The molecule has 1 fully saturated rings. The number of piperidine rings is 1. The van der Waals surface area contributed by atoms with E-state index in [1.54, 1.807) is 0 Å². The molecule has 1 N–H and O–H groups in total. The largest absolute Gasteiger partial charge is 0.367 e. The fraction of sp³-hybridized carbons (Fsp3) is 0.643. The molecule has 3 rings (SSSR count). The highest BCUT2D eigenvalue weighted by Crippen LogP contribution is 2.25. The Bertz CT molecular complexity index is 597. The summed E-state index contributed by atoms with van der Waals surface area (Å²) in [5.41, 5.74) is 0.892. The summed E-state index contributed by atoms with van der Waals surface area (Å²) in [7, 11) is 1.93. The van der Waals surface area contributed by atoms with Crippen LogP contribution < -0.4 is 10.2 Å². The van der Waals surface area contributed by atoms with Gasteiger partial charge in [-0.25, -0.2) is 0 Å². The van der Waals surface area contributed by atoms with Gasteiger partial charge in [0.05, 0.1) is 11.6 Å². The first-order valence-electron chi connectivity index (χ1n) is 7.36. The molecule has 0 amide bonds. The van der Waals surface area contributed by atoms with E-state index in [0.717, 1.165) is 35.9 Å². The van der Waals surface area contributed by atoms with Crippen molar-refractivity contribution in [2.24, 2.45) is 7.05 Å². The summed E-state index contributed by atoms with van der Waals surface area (Å²) in [4.78, 5) is 11.7. The summed E-state index contributed by atoms with van der Waals surface area (Å²) < 4.78 is 1.82. The molecule has 1 aliphatic rings. The molecule has 1 saturated heterocycles. The molecule has 0 bridgehead atoms. The number of anilines is 2. The first-order chi connectivity index (χ1) is 9.65. The lowest BCUT2D eigenvalue weighted by Gasteiger charge is -2.27. The Kier molecular flexibility index (Phi) is 3.46. The van der Waals surface area contributed by atoms with Gasteiger partial charge in [-0.1, -0.05) is 0 Å². The molecule has 2 aromatic heterocycles. The third-order valence-electron chi connectivity index (χ3n) is 3.64. The SMILES string of the molecule is CC(C)Nc1nc(N2CCCCC2)nc2c1cnn2C. The van der Waals surface area contributed by atoms with E-state index >= 15 is 0 Å². The lowest BCUT2D eigenvalue weighted by atomic mass is 10.1. The highest BCUT2D eigenvalue weighted by atomic mass is 15.3. The van der Waals surface area contributed by atoms with Gasteiger partial charge in [0.25, 0.3) is 0 Å². The molecule has 0 aliphatic carbocycles. The van der Waals surface area contributed by atoms with Gasteiger partial charge in [-0.3, -0.25) is 4.68 Å². The molecule has 6 nitrogen and oxygen atoms in total. The lowest BCUT2D eigenvalue weighted by Crippen LogP contribution is -2.31. The molecule has 0 aromatic carbocycles. The van der Waals surface area contributed by atoms with E-state index in [1.165, 1.54) is 19.3 Å². The molecule has 6 heteroatoms. The van der Waals surface area contributed by atoms with Crippen molar-refractivity contribution < 1.29 is 0 Å². The van der Waals surface area contributed by atoms with Gasteiger partial charge in [0, 0.05) is 26.2 Å². The molecule has 108 valence electrons. The Morgan fingerprint density at radius 1 is 1.15 bits per heavy atom. The maximum Gasteiger partial charge on any atom is 0.229 e. The normalized spacial score (nSPS) is 16.1. The van der Waals surface area contributed by atoms with Gasteiger partial charge < -0.3 is 10.2 Å². The van der Waals surface area contributed by atoms with Crippen LogP contribution in [0.5, 0.6) is 0 Å². The molecule has 0 radical (unpaired) electrons. The fourth-order valence-electron chi connectivity index (χ4n) is 2.63. The third-order valence-corrected chi connectivity index (χ3v) is 3.64. The van der Waals surface area contributed by atoms with E-state index in [-0.39, 0.29) is 0 Å². The van der Waals surface area contributed by atoms with E-state index in [4.69, 9.17) is 9.97 Å². The van der Waals surface area contributed by atoms with E-state index in [1.807, 2.05) is 17.9 Å². The Morgan fingerprint density at radius 3 is 2.60 bits per heavy atom. The number of fused-ring (bicyclic) bond motifs is 1. The Hall–Kier alpha value is -1.85. The van der Waals surface area contributed by atoms with Gasteiger partial charge in [-0.05, 0) is 33.1 Å². The van der Waals surface area contributed by atoms with Crippen molar-refractivity contribution in [1.82, 2.24) is 19.7 Å². The summed E-state index contributed by atoms with van der Waals surface area (Å²) in [6.45, 7) is 6.32. The van der Waals surface area contributed by atoms with Gasteiger partial charge in [-0.15, -0.1) is 0 Å². The maximum atomic E-state index is 4.73. The first-order valence-corrected chi connectivity index (χ1v) is 7.36. The lowest BCUT2D eigenvalue weighted by molar-refractivity contribution is 0.568. The van der Waals surface area contributed by atoms with Crippen LogP contribution in [0, 0.1) is 0 Å². The second kappa shape index (κ2) is 5.26. The van der Waals surface area contributed by atoms with Crippen molar-refractivity contribution in [3.05, 3.63) is 6.20 Å². The average molecular weight is 274 g/mol. The van der Waals surface area contributed by atoms with Crippen LogP contribution in [0.25, 0.3) is 11.0 Å². The van der Waals surface area contributed by atoms with Crippen molar-refractivity contribution in [1.29, 1.82) is 0 Å². The van der Waals surface area contributed by atoms with Crippen molar-refractivity contribution in [2.75, 3.05) is 23.3 Å². The minimum absolute atomic E-state index is 0.336. The first kappa shape index (κ1) is 13.1. The van der Waals surface area contributed by atoms with Gasteiger partial charge >= 0.3 is 0 Å². The molecule has 3 heterocycles. The molecule has 1 aliphatic heterocycles. The van der Waals surface area contributed by atoms with Crippen LogP contribution in [-0.2, 0) is 7.05 Å². The smallest absolute Gasteiger partial charge is 0.229 e. The molecular formula is C14H22N6. The Balaban J connectivity index is 2.05. The Labute approximate surface area is 119 Å². The number of nitrogens with zero attached hydrogens (tertiary/aromatic N) is 5. The quantitative estimate of drug-likeness (QED) is 0.929. The fourth-order valence-corrected chi connectivity index (χ4v) is 2.63. The zero-order chi connectivity index (χ0) is 14.1. The van der Waals surface area contributed by atoms with Crippen LogP contribution in [-0.4, -0.2) is 38.9 Å². The van der Waals surface area contributed by atoms with Crippen LogP contribution in [0.3, 0.4) is 0 Å². The van der Waals surface area contributed by atoms with Crippen LogP contribution in [0.2, 0.25) is 0 Å². The van der Waals surface area contributed by atoms with Crippen molar-refractivity contribution in [3.63, 3.8) is 0 Å². The Morgan fingerprint density at radius 2 is 1.90 bits per heavy atom. The van der Waals surface area contributed by atoms with Crippen LogP contribution in [0.15, 0.2) is 6.20 Å². The number of aromatic nitrogens is 4. The monoisotopic (exact) mass is 274 g/mol. The van der Waals surface area contributed by atoms with Gasteiger partial charge in [0.1, 0.15) is 5.82 Å². The number of nitrogens with one attached hydrogen (secondary N) is 1. The van der Waals surface area contributed by atoms with Gasteiger partial charge in [0.15, 0.2) is 5.65 Å². The molecular weight excluding hydrogens is 252 g/mol. The predicted molar refractivity (Wildman–Crippen MR) is 81.1 cm³/mol. The highest BCUT2D eigenvalue weighted by molar-refractivity contribution is 5.87. The van der Waals surface area contributed by atoms with Crippen molar-refractivity contribution in [3.8, 4) is 0 Å². The van der Waals surface area contributed by atoms with E-state index in [0.29, 0.717) is 6.04 Å². The summed E-state index contributed by atoms with van der Waals surface area (Å²) in [6, 6.07) is 0.336. The van der Waals surface area contributed by atoms with Gasteiger partial charge in [-0.2, -0.15) is 15.1 Å². The molecule has 0 unspecified atom stereocenters. The summed E-state index contributed by atoms with van der Waals surface area (Å²) >= 11 is 0. The highest BCUT2D eigenvalue weighted by Gasteiger charge is 2.18. The topological polar surface area (TPSA) is 58.9 Å². The zero-order valence-electron chi connectivity index (χ0n) is 12.4. The van der Waals surface area contributed by atoms with E-state index in [9.17, 15) is 0 Å². The van der Waals surface area contributed by atoms with Crippen molar-refractivity contribution >= 4 is 22.8 Å². The van der Waals surface area contributed by atoms with E-state index < -0.39 is 0 Å². The number of hydrogen-bond acceptors (Lipinski definition) is 5. The number of hydrogen-bond donors (Lipinski definition) is 1. The number of rotatable bonds is 3. The molecule has 0 saturated carbocycles. The minimum atomic E-state index is 0.336.